The minimum atomic E-state index is -1.25. The van der Waals surface area contributed by atoms with E-state index >= 15 is 0 Å². The van der Waals surface area contributed by atoms with Crippen LogP contribution < -0.4 is 10.6 Å². The molecule has 1 saturated carbocycles. The normalized spacial score (nSPS) is 18.4. The number of quaternary nitrogens is 1. The van der Waals surface area contributed by atoms with Crippen LogP contribution in [-0.4, -0.2) is 20.9 Å². The minimum absolute atomic E-state index is 0.397. The van der Waals surface area contributed by atoms with Crippen molar-refractivity contribution in [3.8, 4) is 5.75 Å². The molecule has 28 heavy (non-hydrogen) atoms. The van der Waals surface area contributed by atoms with E-state index in [4.69, 9.17) is 15.6 Å². The predicted octanol–water partition coefficient (Wildman–Crippen LogP) is 4.29. The van der Waals surface area contributed by atoms with Gasteiger partial charge in [-0.05, 0) is 30.2 Å². The molecule has 1 fully saturated rings. The fraction of sp³-hybridized carbons (Fsp3) is 0.500. The Hall–Kier alpha value is -1.84. The number of hydrogen-bond donors (Lipinski definition) is 2. The molecule has 1 amide bonds. The van der Waals surface area contributed by atoms with E-state index in [0.717, 1.165) is 24.1 Å². The van der Waals surface area contributed by atoms with Crippen LogP contribution in [0.15, 0.2) is 35.2 Å². The van der Waals surface area contributed by atoms with E-state index in [1.807, 2.05) is 29.6 Å². The van der Waals surface area contributed by atoms with Gasteiger partial charge in [0.05, 0.1) is 18.1 Å². The molecule has 152 valence electrons. The molecule has 0 aliphatic heterocycles. The highest BCUT2D eigenvalue weighted by Crippen LogP contribution is 2.38. The van der Waals surface area contributed by atoms with Crippen LogP contribution in [-0.2, 0) is 16.3 Å². The Morgan fingerprint density at radius 1 is 1.32 bits per heavy atom. The van der Waals surface area contributed by atoms with Crippen molar-refractivity contribution in [2.45, 2.75) is 58.1 Å². The van der Waals surface area contributed by atoms with E-state index in [9.17, 15) is 10.0 Å². The second kappa shape index (κ2) is 9.58. The van der Waals surface area contributed by atoms with Crippen LogP contribution in [0.5, 0.6) is 5.75 Å². The number of thiazole rings is 1. The Morgan fingerprint density at radius 3 is 2.61 bits per heavy atom. The van der Waals surface area contributed by atoms with Crippen molar-refractivity contribution in [2.75, 3.05) is 0 Å². The molecule has 3 rings (SSSR count). The molecule has 7 nitrogen and oxygen atoms in total. The lowest BCUT2D eigenvalue weighted by molar-refractivity contribution is -1.21. The highest BCUT2D eigenvalue weighted by Gasteiger charge is 2.46. The number of nitrogens with two attached hydrogens (primary N) is 1. The summed E-state index contributed by atoms with van der Waals surface area (Å²) in [7, 11) is 0. The molecule has 1 aliphatic rings. The number of carbonyl (C=O) groups excluding carboxylic acids is 1. The first-order valence-electron chi connectivity index (χ1n) is 9.64. The number of benzene rings is 1. The molecule has 2 atom stereocenters. The van der Waals surface area contributed by atoms with Crippen molar-refractivity contribution in [1.29, 1.82) is 0 Å². The van der Waals surface area contributed by atoms with E-state index in [-0.39, 0.29) is 0 Å². The lowest BCUT2D eigenvalue weighted by Crippen LogP contribution is -2.53. The van der Waals surface area contributed by atoms with Gasteiger partial charge in [0.1, 0.15) is 12.4 Å². The maximum Gasteiger partial charge on any atom is 0.377 e. The maximum atomic E-state index is 12.1. The number of ether oxygens (including phenoxy) is 1. The summed E-state index contributed by atoms with van der Waals surface area (Å²) in [4.78, 5) is 19.9. The molecule has 0 spiro atoms. The zero-order valence-electron chi connectivity index (χ0n) is 16.1. The van der Waals surface area contributed by atoms with Crippen LogP contribution in [0.25, 0.3) is 0 Å². The zero-order chi connectivity index (χ0) is 20.0. The molecular formula is C20H28N3O4S+. The number of hydroxylamine groups is 4. The van der Waals surface area contributed by atoms with Crippen LogP contribution >= 0.6 is 11.3 Å². The Kier molecular flexibility index (Phi) is 7.14. The molecule has 1 aromatic carbocycles. The molecule has 2 aromatic rings. The number of amides is 1. The lowest BCUT2D eigenvalue weighted by Gasteiger charge is -2.33. The zero-order valence-corrected chi connectivity index (χ0v) is 16.9. The van der Waals surface area contributed by atoms with Gasteiger partial charge >= 0.3 is 5.91 Å². The van der Waals surface area contributed by atoms with Crippen LogP contribution in [0.4, 0.5) is 0 Å². The standard InChI is InChI=1S/C20H28N3O4S/c1-15(24)23(25,27-21)20(11-16-5-3-2-4-6-16)17-7-9-19(10-8-17)26-12-18-13-28-14-22-18/h7-10,13-14,16,20,25H,2-6,11-12,21H2,1H3/q+1. The van der Waals surface area contributed by atoms with Crippen LogP contribution in [0, 0.1) is 5.92 Å². The summed E-state index contributed by atoms with van der Waals surface area (Å²) in [6, 6.07) is 6.79. The Bertz CT molecular complexity index is 747. The van der Waals surface area contributed by atoms with Gasteiger partial charge in [-0.3, -0.25) is 0 Å². The highest BCUT2D eigenvalue weighted by atomic mass is 32.1. The molecular weight excluding hydrogens is 378 g/mol. The van der Waals surface area contributed by atoms with E-state index in [1.54, 1.807) is 5.51 Å². The van der Waals surface area contributed by atoms with Gasteiger partial charge in [0.25, 0.3) is 0 Å². The first-order chi connectivity index (χ1) is 13.5. The summed E-state index contributed by atoms with van der Waals surface area (Å²) in [6.07, 6.45) is 6.41. The van der Waals surface area contributed by atoms with Crippen molar-refractivity contribution in [3.63, 3.8) is 0 Å². The number of carbonyl (C=O) groups is 1. The molecule has 1 aromatic heterocycles. The highest BCUT2D eigenvalue weighted by molar-refractivity contribution is 7.07. The topological polar surface area (TPSA) is 94.7 Å². The van der Waals surface area contributed by atoms with Gasteiger partial charge in [-0.1, -0.05) is 37.0 Å². The molecule has 1 aliphatic carbocycles. The Labute approximate surface area is 169 Å². The van der Waals surface area contributed by atoms with Crippen LogP contribution in [0.2, 0.25) is 0 Å². The van der Waals surface area contributed by atoms with E-state index in [1.165, 1.54) is 37.5 Å². The molecule has 2 unspecified atom stereocenters. The molecule has 0 radical (unpaired) electrons. The van der Waals surface area contributed by atoms with Gasteiger partial charge in [-0.15, -0.1) is 11.3 Å². The molecule has 0 saturated heterocycles. The Balaban J connectivity index is 1.77. The Morgan fingerprint density at radius 2 is 2.04 bits per heavy atom. The van der Waals surface area contributed by atoms with E-state index in [2.05, 4.69) is 4.98 Å². The van der Waals surface area contributed by atoms with Gasteiger partial charge in [0, 0.05) is 22.2 Å². The third-order valence-corrected chi connectivity index (χ3v) is 6.09. The van der Waals surface area contributed by atoms with Gasteiger partial charge in [0.2, 0.25) is 0 Å². The van der Waals surface area contributed by atoms with Gasteiger partial charge in [-0.25, -0.2) is 9.78 Å². The third-order valence-electron chi connectivity index (χ3n) is 5.45. The van der Waals surface area contributed by atoms with Crippen molar-refractivity contribution < 1.29 is 24.5 Å². The molecule has 1 heterocycles. The van der Waals surface area contributed by atoms with Crippen molar-refractivity contribution in [3.05, 3.63) is 46.4 Å². The van der Waals surface area contributed by atoms with Crippen molar-refractivity contribution in [1.82, 2.24) is 4.98 Å². The predicted molar refractivity (Wildman–Crippen MR) is 105 cm³/mol. The van der Waals surface area contributed by atoms with Crippen LogP contribution in [0.1, 0.15) is 62.7 Å². The number of aromatic nitrogens is 1. The average molecular weight is 407 g/mol. The largest absolute Gasteiger partial charge is 0.487 e. The van der Waals surface area contributed by atoms with Crippen molar-refractivity contribution in [2.24, 2.45) is 11.8 Å². The van der Waals surface area contributed by atoms with E-state index < -0.39 is 16.8 Å². The summed E-state index contributed by atoms with van der Waals surface area (Å²) in [6.45, 7) is 1.68. The minimum Gasteiger partial charge on any atom is -0.487 e. The summed E-state index contributed by atoms with van der Waals surface area (Å²) in [5.74, 6) is 5.93. The van der Waals surface area contributed by atoms with Gasteiger partial charge < -0.3 is 4.74 Å². The fourth-order valence-corrected chi connectivity index (χ4v) is 4.38. The molecule has 3 N–H and O–H groups in total. The smallest absolute Gasteiger partial charge is 0.377 e. The monoisotopic (exact) mass is 406 g/mol. The van der Waals surface area contributed by atoms with Gasteiger partial charge in [0.15, 0.2) is 6.04 Å². The fourth-order valence-electron chi connectivity index (χ4n) is 3.84. The first-order valence-corrected chi connectivity index (χ1v) is 10.6. The quantitative estimate of drug-likeness (QED) is 0.386. The molecule has 8 heteroatoms. The summed E-state index contributed by atoms with van der Waals surface area (Å²) in [5.41, 5.74) is 3.43. The third kappa shape index (κ3) is 4.95. The van der Waals surface area contributed by atoms with Crippen molar-refractivity contribution >= 4 is 17.2 Å². The molecule has 0 bridgehead atoms. The average Bonchev–Trinajstić information content (AvgIpc) is 3.25. The second-order valence-electron chi connectivity index (χ2n) is 7.34. The summed E-state index contributed by atoms with van der Waals surface area (Å²) >= 11 is 1.53. The SMILES string of the molecule is CC(=O)[N+](O)(ON)C(CC1CCCCC1)c1ccc(OCc2cscn2)cc1. The van der Waals surface area contributed by atoms with E-state index in [0.29, 0.717) is 24.7 Å². The lowest BCUT2D eigenvalue weighted by atomic mass is 9.83. The summed E-state index contributed by atoms with van der Waals surface area (Å²) in [5, 5.41) is 12.8. The first kappa shape index (κ1) is 20.9. The number of nitrogens with zero attached hydrogens (tertiary/aromatic N) is 2. The van der Waals surface area contributed by atoms with Crippen LogP contribution in [0.3, 0.4) is 0 Å². The number of hydrogen-bond acceptors (Lipinski definition) is 7. The number of rotatable bonds is 8. The maximum absolute atomic E-state index is 12.1. The summed E-state index contributed by atoms with van der Waals surface area (Å²) < 4.78 is 5.75. The second-order valence-corrected chi connectivity index (χ2v) is 8.06. The van der Waals surface area contributed by atoms with Gasteiger partial charge in [-0.2, -0.15) is 11.1 Å².